The Balaban J connectivity index is 1.89. The van der Waals surface area contributed by atoms with Crippen molar-refractivity contribution in [2.24, 2.45) is 7.05 Å². The zero-order chi connectivity index (χ0) is 13.9. The van der Waals surface area contributed by atoms with Gasteiger partial charge in [-0.2, -0.15) is 10.2 Å². The molecule has 2 heterocycles. The molecular weight excluding hydrogens is 254 g/mol. The number of H-pyrrole nitrogens is 1. The molecule has 3 aromatic rings. The van der Waals surface area contributed by atoms with E-state index in [0.717, 1.165) is 22.5 Å². The van der Waals surface area contributed by atoms with Crippen LogP contribution in [-0.4, -0.2) is 32.1 Å². The van der Waals surface area contributed by atoms with Crippen molar-refractivity contribution in [2.75, 3.05) is 7.11 Å². The van der Waals surface area contributed by atoms with Crippen molar-refractivity contribution in [2.45, 2.75) is 6.61 Å². The fourth-order valence-electron chi connectivity index (χ4n) is 2.01. The van der Waals surface area contributed by atoms with Gasteiger partial charge < -0.3 is 4.74 Å². The van der Waals surface area contributed by atoms with E-state index in [1.54, 1.807) is 18.0 Å². The predicted octanol–water partition coefficient (Wildman–Crippen LogP) is 2.02. The van der Waals surface area contributed by atoms with Crippen LogP contribution in [0.15, 0.2) is 36.7 Å². The lowest BCUT2D eigenvalue weighted by atomic mass is 10.1. The molecule has 0 aliphatic heterocycles. The van der Waals surface area contributed by atoms with Crippen molar-refractivity contribution in [1.82, 2.24) is 25.0 Å². The van der Waals surface area contributed by atoms with Gasteiger partial charge in [-0.1, -0.05) is 24.3 Å². The fraction of sp³-hybridized carbons (Fsp3) is 0.214. The largest absolute Gasteiger partial charge is 0.377 e. The molecule has 0 fully saturated rings. The van der Waals surface area contributed by atoms with Gasteiger partial charge in [-0.25, -0.2) is 4.98 Å². The second-order valence-corrected chi connectivity index (χ2v) is 4.47. The lowest BCUT2D eigenvalue weighted by Gasteiger charge is -1.98. The van der Waals surface area contributed by atoms with E-state index in [4.69, 9.17) is 4.74 Å². The molecule has 3 rings (SSSR count). The summed E-state index contributed by atoms with van der Waals surface area (Å²) in [4.78, 5) is 4.47. The van der Waals surface area contributed by atoms with Crippen molar-refractivity contribution in [1.29, 1.82) is 0 Å². The number of benzene rings is 1. The lowest BCUT2D eigenvalue weighted by molar-refractivity contribution is 0.174. The van der Waals surface area contributed by atoms with E-state index >= 15 is 0 Å². The first-order chi connectivity index (χ1) is 9.78. The molecule has 6 nitrogen and oxygen atoms in total. The highest BCUT2D eigenvalue weighted by atomic mass is 16.5. The van der Waals surface area contributed by atoms with Gasteiger partial charge in [-0.05, 0) is 5.56 Å². The SMILES string of the molecule is COCc1nc(-c2ccc(-c3cn[nH]c3)cc2)nn1C. The Morgan fingerprint density at radius 3 is 2.55 bits per heavy atom. The van der Waals surface area contributed by atoms with Crippen LogP contribution >= 0.6 is 0 Å². The third-order valence-corrected chi connectivity index (χ3v) is 3.10. The van der Waals surface area contributed by atoms with Crippen LogP contribution < -0.4 is 0 Å². The Morgan fingerprint density at radius 2 is 1.90 bits per heavy atom. The van der Waals surface area contributed by atoms with Gasteiger partial charge in [0.05, 0.1) is 6.20 Å². The fourth-order valence-corrected chi connectivity index (χ4v) is 2.01. The summed E-state index contributed by atoms with van der Waals surface area (Å²) in [7, 11) is 3.51. The van der Waals surface area contributed by atoms with Gasteiger partial charge in [0, 0.05) is 31.5 Å². The minimum absolute atomic E-state index is 0.455. The van der Waals surface area contributed by atoms with E-state index in [2.05, 4.69) is 20.3 Å². The monoisotopic (exact) mass is 269 g/mol. The average Bonchev–Trinajstić information content (AvgIpc) is 3.10. The number of hydrogen-bond acceptors (Lipinski definition) is 4. The molecule has 0 radical (unpaired) electrons. The normalized spacial score (nSPS) is 10.9. The molecule has 0 saturated heterocycles. The highest BCUT2D eigenvalue weighted by molar-refractivity contribution is 5.66. The van der Waals surface area contributed by atoms with Crippen molar-refractivity contribution < 1.29 is 4.74 Å². The first kappa shape index (κ1) is 12.6. The maximum absolute atomic E-state index is 5.09. The van der Waals surface area contributed by atoms with E-state index < -0.39 is 0 Å². The Labute approximate surface area is 116 Å². The third kappa shape index (κ3) is 2.33. The Hall–Kier alpha value is -2.47. The van der Waals surface area contributed by atoms with Crippen LogP contribution in [0.3, 0.4) is 0 Å². The quantitative estimate of drug-likeness (QED) is 0.786. The van der Waals surface area contributed by atoms with Crippen molar-refractivity contribution in [3.05, 3.63) is 42.5 Å². The van der Waals surface area contributed by atoms with Crippen LogP contribution in [-0.2, 0) is 18.4 Å². The highest BCUT2D eigenvalue weighted by Gasteiger charge is 2.09. The third-order valence-electron chi connectivity index (χ3n) is 3.10. The van der Waals surface area contributed by atoms with E-state index in [-0.39, 0.29) is 0 Å². The summed E-state index contributed by atoms with van der Waals surface area (Å²) in [6, 6.07) is 8.08. The molecule has 6 heteroatoms. The Kier molecular flexibility index (Phi) is 3.30. The standard InChI is InChI=1S/C14H15N5O/c1-19-13(9-20-2)17-14(18-19)11-5-3-10(4-6-11)12-7-15-16-8-12/h3-8H,9H2,1-2H3,(H,15,16). The molecule has 0 aliphatic carbocycles. The summed E-state index contributed by atoms with van der Waals surface area (Å²) >= 11 is 0. The first-order valence-corrected chi connectivity index (χ1v) is 6.26. The zero-order valence-electron chi connectivity index (χ0n) is 11.4. The summed E-state index contributed by atoms with van der Waals surface area (Å²) in [5.74, 6) is 1.51. The minimum atomic E-state index is 0.455. The first-order valence-electron chi connectivity index (χ1n) is 6.26. The van der Waals surface area contributed by atoms with Gasteiger partial charge in [0.15, 0.2) is 11.6 Å². The Morgan fingerprint density at radius 1 is 1.15 bits per heavy atom. The van der Waals surface area contributed by atoms with Gasteiger partial charge in [0.2, 0.25) is 0 Å². The molecule has 0 unspecified atom stereocenters. The average molecular weight is 269 g/mol. The zero-order valence-corrected chi connectivity index (χ0v) is 11.4. The van der Waals surface area contributed by atoms with Crippen molar-refractivity contribution in [3.63, 3.8) is 0 Å². The van der Waals surface area contributed by atoms with Gasteiger partial charge in [-0.15, -0.1) is 0 Å². The number of nitrogens with one attached hydrogen (secondary N) is 1. The number of nitrogens with zero attached hydrogens (tertiary/aromatic N) is 4. The van der Waals surface area contributed by atoms with E-state index in [0.29, 0.717) is 12.4 Å². The minimum Gasteiger partial charge on any atom is -0.377 e. The second-order valence-electron chi connectivity index (χ2n) is 4.47. The number of methoxy groups -OCH3 is 1. The molecule has 0 bridgehead atoms. The molecule has 0 atom stereocenters. The number of aromatic nitrogens is 5. The maximum atomic E-state index is 5.09. The number of aryl methyl sites for hydroxylation is 1. The van der Waals surface area contributed by atoms with Crippen LogP contribution in [0.2, 0.25) is 0 Å². The molecule has 20 heavy (non-hydrogen) atoms. The van der Waals surface area contributed by atoms with Gasteiger partial charge in [0.1, 0.15) is 6.61 Å². The van der Waals surface area contributed by atoms with Gasteiger partial charge >= 0.3 is 0 Å². The van der Waals surface area contributed by atoms with Crippen LogP contribution in [0.5, 0.6) is 0 Å². The number of aromatic amines is 1. The molecular formula is C14H15N5O. The smallest absolute Gasteiger partial charge is 0.181 e. The van der Waals surface area contributed by atoms with Crippen molar-refractivity contribution in [3.8, 4) is 22.5 Å². The maximum Gasteiger partial charge on any atom is 0.181 e. The van der Waals surface area contributed by atoms with Crippen LogP contribution in [0.4, 0.5) is 0 Å². The highest BCUT2D eigenvalue weighted by Crippen LogP contribution is 2.22. The number of hydrogen-bond donors (Lipinski definition) is 1. The summed E-state index contributed by atoms with van der Waals surface area (Å²) in [6.07, 6.45) is 3.66. The second kappa shape index (κ2) is 5.26. The summed E-state index contributed by atoms with van der Waals surface area (Å²) in [5.41, 5.74) is 3.15. The molecule has 2 aromatic heterocycles. The van der Waals surface area contributed by atoms with Gasteiger partial charge in [0.25, 0.3) is 0 Å². The van der Waals surface area contributed by atoms with E-state index in [1.807, 2.05) is 37.5 Å². The van der Waals surface area contributed by atoms with Crippen LogP contribution in [0.1, 0.15) is 5.82 Å². The Bertz CT molecular complexity index is 685. The molecule has 0 saturated carbocycles. The van der Waals surface area contributed by atoms with E-state index in [9.17, 15) is 0 Å². The summed E-state index contributed by atoms with van der Waals surface area (Å²) in [6.45, 7) is 0.455. The van der Waals surface area contributed by atoms with Crippen LogP contribution in [0, 0.1) is 0 Å². The number of ether oxygens (including phenoxy) is 1. The summed E-state index contributed by atoms with van der Waals surface area (Å²) < 4.78 is 6.83. The molecule has 0 amide bonds. The molecule has 0 spiro atoms. The molecule has 102 valence electrons. The van der Waals surface area contributed by atoms with Crippen molar-refractivity contribution >= 4 is 0 Å². The van der Waals surface area contributed by atoms with Gasteiger partial charge in [-0.3, -0.25) is 9.78 Å². The lowest BCUT2D eigenvalue weighted by Crippen LogP contribution is -2.00. The molecule has 0 aliphatic rings. The van der Waals surface area contributed by atoms with E-state index in [1.165, 1.54) is 0 Å². The molecule has 1 aromatic carbocycles. The predicted molar refractivity (Wildman–Crippen MR) is 74.7 cm³/mol. The molecule has 1 N–H and O–H groups in total. The topological polar surface area (TPSA) is 68.6 Å². The summed E-state index contributed by atoms with van der Waals surface area (Å²) in [5, 5.41) is 11.2. The number of rotatable bonds is 4. The van der Waals surface area contributed by atoms with Crippen LogP contribution in [0.25, 0.3) is 22.5 Å².